The first-order valence-corrected chi connectivity index (χ1v) is 7.50. The Morgan fingerprint density at radius 2 is 2.00 bits per heavy atom. The maximum Gasteiger partial charge on any atom is 0.260 e. The number of halogens is 1. The highest BCUT2D eigenvalue weighted by Gasteiger charge is 2.18. The summed E-state index contributed by atoms with van der Waals surface area (Å²) < 4.78 is 5.57. The molecule has 0 radical (unpaired) electrons. The summed E-state index contributed by atoms with van der Waals surface area (Å²) in [5, 5.41) is 3.21. The molecule has 0 spiro atoms. The lowest BCUT2D eigenvalue weighted by Gasteiger charge is -2.19. The maximum atomic E-state index is 12.0. The molecule has 1 aromatic carbocycles. The summed E-state index contributed by atoms with van der Waals surface area (Å²) in [4.78, 5) is 23.2. The van der Waals surface area contributed by atoms with Gasteiger partial charge in [0.1, 0.15) is 5.75 Å². The van der Waals surface area contributed by atoms with E-state index in [1.165, 1.54) is 6.92 Å². The van der Waals surface area contributed by atoms with Crippen LogP contribution in [0, 0.1) is 0 Å². The summed E-state index contributed by atoms with van der Waals surface area (Å²) >= 11 is 6.07. The van der Waals surface area contributed by atoms with Gasteiger partial charge in [-0.15, -0.1) is 0 Å². The molecule has 0 saturated carbocycles. The van der Waals surface area contributed by atoms with E-state index < -0.39 is 6.10 Å². The van der Waals surface area contributed by atoms with Crippen LogP contribution in [-0.2, 0) is 4.79 Å². The predicted octanol–water partition coefficient (Wildman–Crippen LogP) is 3.61. The van der Waals surface area contributed by atoms with Crippen molar-refractivity contribution in [2.75, 3.05) is 0 Å². The zero-order valence-electron chi connectivity index (χ0n) is 12.9. The number of ether oxygens (including phenoxy) is 1. The fourth-order valence-electron chi connectivity index (χ4n) is 1.92. The summed E-state index contributed by atoms with van der Waals surface area (Å²) in [7, 11) is 0. The smallest absolute Gasteiger partial charge is 0.260 e. The third-order valence-corrected chi connectivity index (χ3v) is 3.42. The van der Waals surface area contributed by atoms with Gasteiger partial charge < -0.3 is 10.1 Å². The number of ketones is 1. The van der Waals surface area contributed by atoms with Crippen molar-refractivity contribution in [1.82, 2.24) is 5.32 Å². The van der Waals surface area contributed by atoms with E-state index in [1.54, 1.807) is 25.1 Å². The van der Waals surface area contributed by atoms with Crippen molar-refractivity contribution in [3.05, 3.63) is 28.8 Å². The average molecular weight is 312 g/mol. The van der Waals surface area contributed by atoms with Gasteiger partial charge in [0.25, 0.3) is 5.91 Å². The van der Waals surface area contributed by atoms with Gasteiger partial charge in [-0.25, -0.2) is 0 Å². The van der Waals surface area contributed by atoms with Crippen LogP contribution < -0.4 is 10.1 Å². The third-order valence-electron chi connectivity index (χ3n) is 3.12. The lowest BCUT2D eigenvalue weighted by molar-refractivity contribution is -0.127. The number of Topliss-reactive ketones (excluding diaryl/α,β-unsaturated/α-hetero) is 1. The number of benzene rings is 1. The molecule has 1 rings (SSSR count). The Hall–Kier alpha value is -1.55. The van der Waals surface area contributed by atoms with Gasteiger partial charge in [0.15, 0.2) is 11.9 Å². The molecule has 1 N–H and O–H groups in total. The minimum atomic E-state index is -0.648. The summed E-state index contributed by atoms with van der Waals surface area (Å²) in [5.74, 6) is 0.151. The highest BCUT2D eigenvalue weighted by molar-refractivity contribution is 6.32. The molecule has 0 aliphatic heterocycles. The van der Waals surface area contributed by atoms with E-state index in [9.17, 15) is 9.59 Å². The van der Waals surface area contributed by atoms with E-state index in [2.05, 4.69) is 12.2 Å². The number of hydrogen-bond donors (Lipinski definition) is 1. The SMILES string of the molecule is CCCC(C)NC(=O)C(C)Oc1ccc(C(C)=O)cc1Cl. The van der Waals surface area contributed by atoms with Crippen LogP contribution in [-0.4, -0.2) is 23.8 Å². The van der Waals surface area contributed by atoms with Gasteiger partial charge in [-0.1, -0.05) is 24.9 Å². The number of amides is 1. The second-order valence-corrected chi connectivity index (χ2v) is 5.57. The molecule has 116 valence electrons. The fourth-order valence-corrected chi connectivity index (χ4v) is 2.15. The molecule has 21 heavy (non-hydrogen) atoms. The summed E-state index contributed by atoms with van der Waals surface area (Å²) in [6.45, 7) is 7.17. The highest BCUT2D eigenvalue weighted by Crippen LogP contribution is 2.26. The van der Waals surface area contributed by atoms with Gasteiger partial charge in [0, 0.05) is 11.6 Å². The van der Waals surface area contributed by atoms with Crippen LogP contribution in [0.25, 0.3) is 0 Å². The first-order valence-electron chi connectivity index (χ1n) is 7.12. The Kier molecular flexibility index (Phi) is 6.69. The fraction of sp³-hybridized carbons (Fsp3) is 0.500. The Morgan fingerprint density at radius 1 is 1.33 bits per heavy atom. The van der Waals surface area contributed by atoms with E-state index in [0.717, 1.165) is 12.8 Å². The number of rotatable bonds is 7. The molecule has 0 aliphatic rings. The summed E-state index contributed by atoms with van der Waals surface area (Å²) in [5.41, 5.74) is 0.515. The topological polar surface area (TPSA) is 55.4 Å². The minimum absolute atomic E-state index is 0.0670. The normalized spacial score (nSPS) is 13.4. The van der Waals surface area contributed by atoms with Crippen LogP contribution in [0.1, 0.15) is 50.9 Å². The van der Waals surface area contributed by atoms with Crippen LogP contribution in [0.4, 0.5) is 0 Å². The largest absolute Gasteiger partial charge is 0.479 e. The number of carbonyl (C=O) groups excluding carboxylic acids is 2. The van der Waals surface area contributed by atoms with Gasteiger partial charge >= 0.3 is 0 Å². The minimum Gasteiger partial charge on any atom is -0.479 e. The molecular formula is C16H22ClNO3. The number of carbonyl (C=O) groups is 2. The maximum absolute atomic E-state index is 12.0. The quantitative estimate of drug-likeness (QED) is 0.783. The van der Waals surface area contributed by atoms with E-state index >= 15 is 0 Å². The van der Waals surface area contributed by atoms with Crippen molar-refractivity contribution in [3.8, 4) is 5.75 Å². The van der Waals surface area contributed by atoms with Gasteiger partial charge in [-0.05, 0) is 45.4 Å². The first kappa shape index (κ1) is 17.5. The van der Waals surface area contributed by atoms with Crippen molar-refractivity contribution >= 4 is 23.3 Å². The van der Waals surface area contributed by atoms with E-state index in [4.69, 9.17) is 16.3 Å². The van der Waals surface area contributed by atoms with Gasteiger partial charge in [0.05, 0.1) is 5.02 Å². The van der Waals surface area contributed by atoms with E-state index in [0.29, 0.717) is 16.3 Å². The van der Waals surface area contributed by atoms with E-state index in [1.807, 2.05) is 6.92 Å². The molecular weight excluding hydrogens is 290 g/mol. The van der Waals surface area contributed by atoms with Crippen molar-refractivity contribution in [2.45, 2.75) is 52.7 Å². The standard InChI is InChI=1S/C16H22ClNO3/c1-5-6-10(2)18-16(20)12(4)21-15-8-7-13(11(3)19)9-14(15)17/h7-10,12H,5-6H2,1-4H3,(H,18,20). The van der Waals surface area contributed by atoms with Crippen molar-refractivity contribution in [1.29, 1.82) is 0 Å². The van der Waals surface area contributed by atoms with Crippen molar-refractivity contribution < 1.29 is 14.3 Å². The highest BCUT2D eigenvalue weighted by atomic mass is 35.5. The molecule has 0 aromatic heterocycles. The molecule has 0 aliphatic carbocycles. The number of hydrogen-bond acceptors (Lipinski definition) is 3. The molecule has 5 heteroatoms. The van der Waals surface area contributed by atoms with Crippen LogP contribution >= 0.6 is 11.6 Å². The summed E-state index contributed by atoms with van der Waals surface area (Å²) in [6, 6.07) is 4.90. The number of nitrogens with one attached hydrogen (secondary N) is 1. The van der Waals surface area contributed by atoms with Crippen molar-refractivity contribution in [3.63, 3.8) is 0 Å². The second-order valence-electron chi connectivity index (χ2n) is 5.16. The van der Waals surface area contributed by atoms with Crippen LogP contribution in [0.15, 0.2) is 18.2 Å². The molecule has 2 atom stereocenters. The van der Waals surface area contributed by atoms with Gasteiger partial charge in [-0.2, -0.15) is 0 Å². The monoisotopic (exact) mass is 311 g/mol. The van der Waals surface area contributed by atoms with Gasteiger partial charge in [-0.3, -0.25) is 9.59 Å². The molecule has 2 unspecified atom stereocenters. The average Bonchev–Trinajstić information content (AvgIpc) is 2.40. The van der Waals surface area contributed by atoms with Crippen LogP contribution in [0.2, 0.25) is 5.02 Å². The molecule has 1 amide bonds. The molecule has 0 heterocycles. The predicted molar refractivity (Wildman–Crippen MR) is 84.1 cm³/mol. The lowest BCUT2D eigenvalue weighted by atomic mass is 10.1. The van der Waals surface area contributed by atoms with Crippen molar-refractivity contribution in [2.24, 2.45) is 0 Å². The molecule has 4 nitrogen and oxygen atoms in total. The Balaban J connectivity index is 2.68. The first-order chi connectivity index (χ1) is 9.85. The van der Waals surface area contributed by atoms with Crippen LogP contribution in [0.3, 0.4) is 0 Å². The second kappa shape index (κ2) is 8.03. The third kappa shape index (κ3) is 5.38. The Morgan fingerprint density at radius 3 is 2.52 bits per heavy atom. The molecule has 0 fully saturated rings. The van der Waals surface area contributed by atoms with Gasteiger partial charge in [0.2, 0.25) is 0 Å². The van der Waals surface area contributed by atoms with Crippen LogP contribution in [0.5, 0.6) is 5.75 Å². The zero-order valence-corrected chi connectivity index (χ0v) is 13.7. The lowest BCUT2D eigenvalue weighted by Crippen LogP contribution is -2.41. The summed E-state index contributed by atoms with van der Waals surface area (Å²) in [6.07, 6.45) is 1.28. The Bertz CT molecular complexity index is 516. The Labute approximate surface area is 130 Å². The molecule has 0 bridgehead atoms. The molecule has 1 aromatic rings. The molecule has 0 saturated heterocycles. The van der Waals surface area contributed by atoms with E-state index in [-0.39, 0.29) is 17.7 Å². The zero-order chi connectivity index (χ0) is 16.0.